The highest BCUT2D eigenvalue weighted by Gasteiger charge is 2.50. The van der Waals surface area contributed by atoms with E-state index in [1.54, 1.807) is 6.07 Å². The number of aliphatic hydroxyl groups excluding tert-OH is 1. The lowest BCUT2D eigenvalue weighted by Gasteiger charge is -2.33. The number of rotatable bonds is 2. The number of fused-ring (bicyclic) bond motifs is 2. The molecule has 2 N–H and O–H groups in total. The predicted octanol–water partition coefficient (Wildman–Crippen LogP) is 2.90. The molecule has 2 aliphatic rings. The van der Waals surface area contributed by atoms with Gasteiger partial charge < -0.3 is 10.2 Å². The molecule has 2 nitrogen and oxygen atoms in total. The van der Waals surface area contributed by atoms with Gasteiger partial charge in [0.1, 0.15) is 5.75 Å². The minimum absolute atomic E-state index is 0.269. The molecule has 2 bridgehead atoms. The minimum atomic E-state index is -0.269. The van der Waals surface area contributed by atoms with E-state index in [4.69, 9.17) is 0 Å². The van der Waals surface area contributed by atoms with Crippen LogP contribution in [0.3, 0.4) is 0 Å². The third-order valence-electron chi connectivity index (χ3n) is 4.83. The van der Waals surface area contributed by atoms with Crippen LogP contribution < -0.4 is 0 Å². The normalized spacial score (nSPS) is 37.3. The third-order valence-corrected chi connectivity index (χ3v) is 4.83. The third kappa shape index (κ3) is 1.66. The van der Waals surface area contributed by atoms with Gasteiger partial charge in [0.2, 0.25) is 0 Å². The Labute approximate surface area is 102 Å². The Morgan fingerprint density at radius 1 is 1.18 bits per heavy atom. The second-order valence-electron chi connectivity index (χ2n) is 5.74. The van der Waals surface area contributed by atoms with Crippen LogP contribution >= 0.6 is 0 Å². The first-order valence-electron chi connectivity index (χ1n) is 6.64. The van der Waals surface area contributed by atoms with Gasteiger partial charge in [0.15, 0.2) is 0 Å². The first kappa shape index (κ1) is 11.1. The Balaban J connectivity index is 1.99. The van der Waals surface area contributed by atoms with Crippen molar-refractivity contribution in [2.75, 3.05) is 0 Å². The first-order valence-corrected chi connectivity index (χ1v) is 6.64. The molecule has 1 aromatic carbocycles. The second-order valence-corrected chi connectivity index (χ2v) is 5.74. The summed E-state index contributed by atoms with van der Waals surface area (Å²) < 4.78 is 0. The van der Waals surface area contributed by atoms with Gasteiger partial charge >= 0.3 is 0 Å². The Morgan fingerprint density at radius 3 is 2.59 bits per heavy atom. The molecular weight excluding hydrogens is 212 g/mol. The molecule has 2 aliphatic carbocycles. The van der Waals surface area contributed by atoms with Crippen LogP contribution in [0.4, 0.5) is 0 Å². The summed E-state index contributed by atoms with van der Waals surface area (Å²) in [5, 5.41) is 20.0. The lowest BCUT2D eigenvalue weighted by atomic mass is 9.73. The molecule has 0 radical (unpaired) electrons. The summed E-state index contributed by atoms with van der Waals surface area (Å²) in [6, 6.07) is 7.64. The highest BCUT2D eigenvalue weighted by Crippen LogP contribution is 2.58. The van der Waals surface area contributed by atoms with Gasteiger partial charge in [-0.05, 0) is 61.5 Å². The highest BCUT2D eigenvalue weighted by atomic mass is 16.3. The molecule has 2 saturated carbocycles. The van der Waals surface area contributed by atoms with Crippen LogP contribution in [0.5, 0.6) is 5.75 Å². The molecule has 2 heteroatoms. The average molecular weight is 232 g/mol. The highest BCUT2D eigenvalue weighted by molar-refractivity contribution is 5.37. The SMILES string of the molecule is C[C@@H](O)[C@H]1[C@H]2CC[C@H](C2)[C@H]1c1ccccc1O. The van der Waals surface area contributed by atoms with E-state index < -0.39 is 0 Å². The first-order chi connectivity index (χ1) is 8.18. The summed E-state index contributed by atoms with van der Waals surface area (Å²) >= 11 is 0. The van der Waals surface area contributed by atoms with Crippen molar-refractivity contribution < 1.29 is 10.2 Å². The van der Waals surface area contributed by atoms with Gasteiger partial charge in [-0.2, -0.15) is 0 Å². The smallest absolute Gasteiger partial charge is 0.119 e. The summed E-state index contributed by atoms with van der Waals surface area (Å²) in [6.07, 6.45) is 3.47. The largest absolute Gasteiger partial charge is 0.508 e. The van der Waals surface area contributed by atoms with Crippen molar-refractivity contribution in [1.29, 1.82) is 0 Å². The molecule has 92 valence electrons. The maximum Gasteiger partial charge on any atom is 0.119 e. The molecule has 1 aromatic rings. The number of para-hydroxylation sites is 1. The van der Waals surface area contributed by atoms with Gasteiger partial charge in [-0.15, -0.1) is 0 Å². The number of aromatic hydroxyl groups is 1. The summed E-state index contributed by atoms with van der Waals surface area (Å²) in [5.74, 6) is 2.41. The lowest BCUT2D eigenvalue weighted by molar-refractivity contribution is 0.0761. The maximum absolute atomic E-state index is 10.0. The molecule has 2 fully saturated rings. The van der Waals surface area contributed by atoms with E-state index in [0.29, 0.717) is 29.4 Å². The maximum atomic E-state index is 10.0. The van der Waals surface area contributed by atoms with E-state index in [1.165, 1.54) is 19.3 Å². The van der Waals surface area contributed by atoms with Crippen molar-refractivity contribution >= 4 is 0 Å². The van der Waals surface area contributed by atoms with Crippen LogP contribution in [0.15, 0.2) is 24.3 Å². The van der Waals surface area contributed by atoms with E-state index in [2.05, 4.69) is 0 Å². The fourth-order valence-corrected chi connectivity index (χ4v) is 4.26. The van der Waals surface area contributed by atoms with Gasteiger partial charge in [-0.3, -0.25) is 0 Å². The molecule has 0 spiro atoms. The Hall–Kier alpha value is -1.02. The lowest BCUT2D eigenvalue weighted by Crippen LogP contribution is -2.29. The van der Waals surface area contributed by atoms with E-state index in [9.17, 15) is 10.2 Å². The number of aliphatic hydroxyl groups is 1. The van der Waals surface area contributed by atoms with Gasteiger partial charge in [-0.1, -0.05) is 18.2 Å². The summed E-state index contributed by atoms with van der Waals surface area (Å²) in [5.41, 5.74) is 1.05. The van der Waals surface area contributed by atoms with Crippen molar-refractivity contribution in [3.63, 3.8) is 0 Å². The van der Waals surface area contributed by atoms with Crippen LogP contribution in [0.1, 0.15) is 37.7 Å². The number of phenolic OH excluding ortho intramolecular Hbond substituents is 1. The number of phenols is 1. The fraction of sp³-hybridized carbons (Fsp3) is 0.600. The summed E-state index contributed by atoms with van der Waals surface area (Å²) in [7, 11) is 0. The molecule has 3 rings (SSSR count). The van der Waals surface area contributed by atoms with Crippen LogP contribution in [-0.4, -0.2) is 16.3 Å². The van der Waals surface area contributed by atoms with Crippen LogP contribution in [0.25, 0.3) is 0 Å². The van der Waals surface area contributed by atoms with Crippen molar-refractivity contribution in [3.05, 3.63) is 29.8 Å². The number of benzene rings is 1. The van der Waals surface area contributed by atoms with Crippen LogP contribution in [0, 0.1) is 17.8 Å². The summed E-state index contributed by atoms with van der Waals surface area (Å²) in [6.45, 7) is 1.90. The second kappa shape index (κ2) is 4.02. The number of hydrogen-bond donors (Lipinski definition) is 2. The number of hydrogen-bond acceptors (Lipinski definition) is 2. The van der Waals surface area contributed by atoms with Crippen molar-refractivity contribution in [2.45, 2.75) is 38.2 Å². The van der Waals surface area contributed by atoms with E-state index in [1.807, 2.05) is 25.1 Å². The van der Waals surface area contributed by atoms with Crippen molar-refractivity contribution in [1.82, 2.24) is 0 Å². The molecule has 17 heavy (non-hydrogen) atoms. The summed E-state index contributed by atoms with van der Waals surface area (Å²) in [4.78, 5) is 0. The molecule has 0 heterocycles. The Bertz CT molecular complexity index is 413. The molecule has 0 saturated heterocycles. The standard InChI is InChI=1S/C15H20O2/c1-9(16)14-10-6-7-11(8-10)15(14)12-4-2-3-5-13(12)17/h2-5,9-11,14-17H,6-8H2,1H3/t9-,10+,11-,14+,15+/m1/s1. The monoisotopic (exact) mass is 232 g/mol. The molecule has 5 atom stereocenters. The molecule has 0 aliphatic heterocycles. The van der Waals surface area contributed by atoms with Crippen molar-refractivity contribution in [3.8, 4) is 5.75 Å². The topological polar surface area (TPSA) is 40.5 Å². The zero-order valence-corrected chi connectivity index (χ0v) is 10.2. The van der Waals surface area contributed by atoms with Gasteiger partial charge in [-0.25, -0.2) is 0 Å². The molecule has 0 amide bonds. The van der Waals surface area contributed by atoms with Gasteiger partial charge in [0.05, 0.1) is 6.10 Å². The van der Waals surface area contributed by atoms with Crippen LogP contribution in [-0.2, 0) is 0 Å². The zero-order valence-electron chi connectivity index (χ0n) is 10.2. The fourth-order valence-electron chi connectivity index (χ4n) is 4.26. The zero-order chi connectivity index (χ0) is 12.0. The Morgan fingerprint density at radius 2 is 1.88 bits per heavy atom. The van der Waals surface area contributed by atoms with E-state index in [0.717, 1.165) is 5.56 Å². The molecule has 0 aromatic heterocycles. The minimum Gasteiger partial charge on any atom is -0.508 e. The predicted molar refractivity (Wildman–Crippen MR) is 66.8 cm³/mol. The Kier molecular flexibility index (Phi) is 2.62. The van der Waals surface area contributed by atoms with E-state index in [-0.39, 0.29) is 6.10 Å². The quantitative estimate of drug-likeness (QED) is 0.823. The van der Waals surface area contributed by atoms with Gasteiger partial charge in [0.25, 0.3) is 0 Å². The molecular formula is C15H20O2. The van der Waals surface area contributed by atoms with Crippen molar-refractivity contribution in [2.24, 2.45) is 17.8 Å². The molecule has 0 unspecified atom stereocenters. The van der Waals surface area contributed by atoms with Gasteiger partial charge in [0, 0.05) is 0 Å². The van der Waals surface area contributed by atoms with Crippen LogP contribution in [0.2, 0.25) is 0 Å². The van der Waals surface area contributed by atoms with E-state index >= 15 is 0 Å². The average Bonchev–Trinajstić information content (AvgIpc) is 2.89.